The molecule has 5 heteroatoms. The number of morpholine rings is 1. The molecule has 2 aliphatic rings. The Morgan fingerprint density at radius 2 is 2.04 bits per heavy atom. The highest BCUT2D eigenvalue weighted by molar-refractivity contribution is 5.80. The zero-order valence-corrected chi connectivity index (χ0v) is 14.9. The molecule has 0 bridgehead atoms. The molecular weight excluding hydrogens is 316 g/mol. The molecule has 25 heavy (non-hydrogen) atoms. The second kappa shape index (κ2) is 8.99. The number of nitrogens with zero attached hydrogens (tertiary/aromatic N) is 2. The summed E-state index contributed by atoms with van der Waals surface area (Å²) >= 11 is 0. The van der Waals surface area contributed by atoms with Crippen molar-refractivity contribution < 1.29 is 14.3 Å². The van der Waals surface area contributed by atoms with Crippen molar-refractivity contribution >= 4 is 11.8 Å². The van der Waals surface area contributed by atoms with Crippen molar-refractivity contribution in [2.45, 2.75) is 44.6 Å². The van der Waals surface area contributed by atoms with Gasteiger partial charge in [-0.15, -0.1) is 0 Å². The van der Waals surface area contributed by atoms with Crippen molar-refractivity contribution in [1.29, 1.82) is 0 Å². The van der Waals surface area contributed by atoms with Crippen LogP contribution in [-0.2, 0) is 20.7 Å². The number of likely N-dealkylation sites (tertiary alicyclic amines) is 1. The minimum Gasteiger partial charge on any atom is -0.375 e. The Labute approximate surface area is 149 Å². The lowest BCUT2D eigenvalue weighted by atomic mass is 10.0. The maximum absolute atomic E-state index is 12.4. The summed E-state index contributed by atoms with van der Waals surface area (Å²) in [4.78, 5) is 27.8. The van der Waals surface area contributed by atoms with E-state index in [0.29, 0.717) is 39.1 Å². The van der Waals surface area contributed by atoms with Gasteiger partial charge in [0.15, 0.2) is 0 Å². The largest absolute Gasteiger partial charge is 0.375 e. The molecule has 2 aliphatic heterocycles. The number of ether oxygens (including phenoxy) is 1. The van der Waals surface area contributed by atoms with Crippen LogP contribution in [0.2, 0.25) is 0 Å². The van der Waals surface area contributed by atoms with Gasteiger partial charge >= 0.3 is 0 Å². The first-order valence-corrected chi connectivity index (χ1v) is 9.43. The van der Waals surface area contributed by atoms with Gasteiger partial charge in [-0.05, 0) is 31.2 Å². The highest BCUT2D eigenvalue weighted by Crippen LogP contribution is 2.15. The average Bonchev–Trinajstić information content (AvgIpc) is 3.06. The quantitative estimate of drug-likeness (QED) is 0.762. The molecule has 0 spiro atoms. The molecule has 0 aromatic heterocycles. The van der Waals surface area contributed by atoms with Crippen molar-refractivity contribution in [1.82, 2.24) is 9.80 Å². The fourth-order valence-electron chi connectivity index (χ4n) is 3.63. The predicted molar refractivity (Wildman–Crippen MR) is 96.1 cm³/mol. The van der Waals surface area contributed by atoms with Gasteiger partial charge in [0.25, 0.3) is 0 Å². The van der Waals surface area contributed by atoms with Crippen molar-refractivity contribution in [2.24, 2.45) is 0 Å². The van der Waals surface area contributed by atoms with Crippen LogP contribution in [0.1, 0.15) is 37.7 Å². The molecule has 1 aromatic rings. The van der Waals surface area contributed by atoms with Gasteiger partial charge in [-0.25, -0.2) is 0 Å². The minimum atomic E-state index is 0.134. The zero-order valence-electron chi connectivity index (χ0n) is 14.9. The fourth-order valence-corrected chi connectivity index (χ4v) is 3.63. The number of rotatable bonds is 7. The number of aryl methyl sites for hydroxylation is 1. The summed E-state index contributed by atoms with van der Waals surface area (Å²) in [5, 5.41) is 0. The van der Waals surface area contributed by atoms with Crippen molar-refractivity contribution in [3.8, 4) is 0 Å². The Morgan fingerprint density at radius 1 is 1.20 bits per heavy atom. The predicted octanol–water partition coefficient (Wildman–Crippen LogP) is 2.25. The summed E-state index contributed by atoms with van der Waals surface area (Å²) in [6.45, 7) is 3.33. The lowest BCUT2D eigenvalue weighted by Crippen LogP contribution is -2.46. The monoisotopic (exact) mass is 344 g/mol. The second-order valence-electron chi connectivity index (χ2n) is 6.94. The maximum Gasteiger partial charge on any atom is 0.224 e. The van der Waals surface area contributed by atoms with Gasteiger partial charge in [0.1, 0.15) is 0 Å². The molecule has 2 heterocycles. The van der Waals surface area contributed by atoms with Gasteiger partial charge in [0.2, 0.25) is 11.8 Å². The van der Waals surface area contributed by atoms with Crippen LogP contribution in [0.25, 0.3) is 0 Å². The SMILES string of the molecule is O=C1CCCN1CCC(=O)N1CCO[C@@H](CCCc2ccccc2)C1. The molecule has 0 unspecified atom stereocenters. The van der Waals surface area contributed by atoms with Gasteiger partial charge in [0.05, 0.1) is 12.7 Å². The van der Waals surface area contributed by atoms with Gasteiger partial charge in [-0.1, -0.05) is 30.3 Å². The minimum absolute atomic E-state index is 0.134. The Hall–Kier alpha value is -1.88. The lowest BCUT2D eigenvalue weighted by molar-refractivity contribution is -0.139. The van der Waals surface area contributed by atoms with Crippen LogP contribution in [0, 0.1) is 0 Å². The highest BCUT2D eigenvalue weighted by Gasteiger charge is 2.26. The van der Waals surface area contributed by atoms with Crippen LogP contribution in [0.15, 0.2) is 30.3 Å². The third-order valence-electron chi connectivity index (χ3n) is 5.09. The summed E-state index contributed by atoms with van der Waals surface area (Å²) in [5.74, 6) is 0.338. The van der Waals surface area contributed by atoms with Gasteiger partial charge in [-0.2, -0.15) is 0 Å². The Balaban J connectivity index is 1.38. The third-order valence-corrected chi connectivity index (χ3v) is 5.09. The number of amides is 2. The average molecular weight is 344 g/mol. The van der Waals surface area contributed by atoms with E-state index in [1.165, 1.54) is 5.56 Å². The molecule has 0 aliphatic carbocycles. The molecular formula is C20H28N2O3. The molecule has 0 N–H and O–H groups in total. The number of carbonyl (C=O) groups excluding carboxylic acids is 2. The smallest absolute Gasteiger partial charge is 0.224 e. The molecule has 0 saturated carbocycles. The van der Waals surface area contributed by atoms with Crippen LogP contribution in [0.4, 0.5) is 0 Å². The number of benzene rings is 1. The van der Waals surface area contributed by atoms with E-state index in [2.05, 4.69) is 24.3 Å². The van der Waals surface area contributed by atoms with E-state index < -0.39 is 0 Å². The van der Waals surface area contributed by atoms with E-state index in [-0.39, 0.29) is 17.9 Å². The first-order chi connectivity index (χ1) is 12.2. The zero-order chi connectivity index (χ0) is 17.5. The molecule has 2 amide bonds. The molecule has 3 rings (SSSR count). The maximum atomic E-state index is 12.4. The van der Waals surface area contributed by atoms with Crippen LogP contribution in [0.5, 0.6) is 0 Å². The number of carbonyl (C=O) groups is 2. The second-order valence-corrected chi connectivity index (χ2v) is 6.94. The van der Waals surface area contributed by atoms with Crippen LogP contribution in [-0.4, -0.2) is 60.5 Å². The Kier molecular flexibility index (Phi) is 6.45. The fraction of sp³-hybridized carbons (Fsp3) is 0.600. The van der Waals surface area contributed by atoms with Crippen LogP contribution < -0.4 is 0 Å². The molecule has 0 radical (unpaired) electrons. The first kappa shape index (κ1) is 17.9. The van der Waals surface area contributed by atoms with E-state index in [1.807, 2.05) is 15.9 Å². The van der Waals surface area contributed by atoms with E-state index >= 15 is 0 Å². The summed E-state index contributed by atoms with van der Waals surface area (Å²) < 4.78 is 5.83. The molecule has 2 fully saturated rings. The van der Waals surface area contributed by atoms with Gasteiger partial charge in [0, 0.05) is 39.0 Å². The van der Waals surface area contributed by atoms with Crippen molar-refractivity contribution in [3.63, 3.8) is 0 Å². The molecule has 1 aromatic carbocycles. The standard InChI is InChI=1S/C20H28N2O3/c23-19-10-5-12-21(19)13-11-20(24)22-14-15-25-18(16-22)9-4-8-17-6-2-1-3-7-17/h1-3,6-7,18H,4-5,8-16H2/t18-/m0/s1. The number of hydrogen-bond acceptors (Lipinski definition) is 3. The summed E-state index contributed by atoms with van der Waals surface area (Å²) in [6, 6.07) is 10.5. The van der Waals surface area contributed by atoms with Crippen LogP contribution in [0.3, 0.4) is 0 Å². The van der Waals surface area contributed by atoms with Gasteiger partial charge in [-0.3, -0.25) is 9.59 Å². The van der Waals surface area contributed by atoms with Gasteiger partial charge < -0.3 is 14.5 Å². The molecule has 136 valence electrons. The molecule has 1 atom stereocenters. The number of hydrogen-bond donors (Lipinski definition) is 0. The molecule has 5 nitrogen and oxygen atoms in total. The Bertz CT molecular complexity index is 576. The van der Waals surface area contributed by atoms with Crippen molar-refractivity contribution in [2.75, 3.05) is 32.8 Å². The van der Waals surface area contributed by atoms with E-state index in [9.17, 15) is 9.59 Å². The lowest BCUT2D eigenvalue weighted by Gasteiger charge is -2.33. The first-order valence-electron chi connectivity index (χ1n) is 9.43. The summed E-state index contributed by atoms with van der Waals surface area (Å²) in [7, 11) is 0. The summed E-state index contributed by atoms with van der Waals surface area (Å²) in [6.07, 6.45) is 5.22. The highest BCUT2D eigenvalue weighted by atomic mass is 16.5. The normalized spacial score (nSPS) is 21.0. The van der Waals surface area contributed by atoms with Crippen LogP contribution >= 0.6 is 0 Å². The van der Waals surface area contributed by atoms with E-state index in [4.69, 9.17) is 4.74 Å². The summed E-state index contributed by atoms with van der Waals surface area (Å²) in [5.41, 5.74) is 1.35. The Morgan fingerprint density at radius 3 is 2.80 bits per heavy atom. The topological polar surface area (TPSA) is 49.9 Å². The van der Waals surface area contributed by atoms with E-state index in [1.54, 1.807) is 0 Å². The third kappa shape index (κ3) is 5.30. The van der Waals surface area contributed by atoms with Crippen molar-refractivity contribution in [3.05, 3.63) is 35.9 Å². The molecule has 2 saturated heterocycles. The van der Waals surface area contributed by atoms with E-state index in [0.717, 1.165) is 32.2 Å².